The van der Waals surface area contributed by atoms with Crippen LogP contribution in [0.5, 0.6) is 11.5 Å². The van der Waals surface area contributed by atoms with Crippen molar-refractivity contribution >= 4 is 11.8 Å². The number of ether oxygens (including phenoxy) is 2. The fraction of sp³-hybridized carbons (Fsp3) is 0.600. The van der Waals surface area contributed by atoms with E-state index in [0.717, 1.165) is 24.2 Å². The predicted molar refractivity (Wildman–Crippen MR) is 104 cm³/mol. The average Bonchev–Trinajstić information content (AvgIpc) is 3.27. The van der Waals surface area contributed by atoms with E-state index in [4.69, 9.17) is 14.7 Å². The maximum absolute atomic E-state index is 12.3. The molecule has 0 aromatic heterocycles. The number of nitroso groups, excluding NO2 is 1. The number of hydrogen-bond donors (Lipinski definition) is 2. The van der Waals surface area contributed by atoms with Crippen molar-refractivity contribution in [1.82, 2.24) is 10.4 Å². The van der Waals surface area contributed by atoms with Crippen LogP contribution in [0.1, 0.15) is 50.0 Å². The quantitative estimate of drug-likeness (QED) is 0.311. The molecule has 158 valence electrons. The summed E-state index contributed by atoms with van der Waals surface area (Å²) in [5, 5.41) is 11.2. The first-order chi connectivity index (χ1) is 14.1. The minimum atomic E-state index is -1.76. The molecule has 1 aliphatic carbocycles. The molecule has 3 rings (SSSR count). The van der Waals surface area contributed by atoms with E-state index in [1.54, 1.807) is 7.11 Å². The van der Waals surface area contributed by atoms with Crippen molar-refractivity contribution in [2.24, 2.45) is 5.18 Å². The average molecular weight is 405 g/mol. The van der Waals surface area contributed by atoms with Gasteiger partial charge in [0.15, 0.2) is 11.5 Å². The normalized spacial score (nSPS) is 18.9. The summed E-state index contributed by atoms with van der Waals surface area (Å²) in [7, 11) is 1.63. The molecule has 0 spiro atoms. The van der Waals surface area contributed by atoms with E-state index in [9.17, 15) is 14.5 Å². The van der Waals surface area contributed by atoms with Gasteiger partial charge in [-0.05, 0) is 67.3 Å². The molecule has 1 aromatic carbocycles. The van der Waals surface area contributed by atoms with Gasteiger partial charge < -0.3 is 14.4 Å². The monoisotopic (exact) mass is 405 g/mol. The highest BCUT2D eigenvalue weighted by Gasteiger charge is 2.34. The van der Waals surface area contributed by atoms with Crippen molar-refractivity contribution in [3.05, 3.63) is 28.7 Å². The number of carbonyl (C=O) groups excluding carboxylic acids is 2. The molecule has 0 bridgehead atoms. The summed E-state index contributed by atoms with van der Waals surface area (Å²) in [6.45, 7) is 0.804. The zero-order valence-corrected chi connectivity index (χ0v) is 16.5. The number of rotatable bonds is 7. The number of carbonyl (C=O) groups is 2. The third kappa shape index (κ3) is 4.84. The number of nitrogens with one attached hydrogen (secondary N) is 1. The number of methoxy groups -OCH3 is 1. The number of amides is 2. The zero-order valence-electron chi connectivity index (χ0n) is 16.5. The van der Waals surface area contributed by atoms with Crippen LogP contribution in [0, 0.1) is 4.91 Å². The molecule has 1 aliphatic heterocycles. The van der Waals surface area contributed by atoms with Gasteiger partial charge in [0.1, 0.15) is 0 Å². The molecule has 1 saturated heterocycles. The Hall–Kier alpha value is -2.68. The summed E-state index contributed by atoms with van der Waals surface area (Å²) in [5.41, 5.74) is 2.43. The first-order valence-corrected chi connectivity index (χ1v) is 9.97. The van der Waals surface area contributed by atoms with Gasteiger partial charge in [-0.3, -0.25) is 14.8 Å². The van der Waals surface area contributed by atoms with Gasteiger partial charge in [-0.15, -0.1) is 4.91 Å². The van der Waals surface area contributed by atoms with Gasteiger partial charge in [0.2, 0.25) is 6.04 Å². The minimum absolute atomic E-state index is 0.226. The molecule has 1 aromatic rings. The topological polar surface area (TPSA) is 118 Å². The maximum Gasteiger partial charge on any atom is 0.281 e. The van der Waals surface area contributed by atoms with E-state index in [-0.39, 0.29) is 12.0 Å². The Morgan fingerprint density at radius 3 is 2.45 bits per heavy atom. The lowest BCUT2D eigenvalue weighted by atomic mass is 9.89. The van der Waals surface area contributed by atoms with Crippen LogP contribution in [0.2, 0.25) is 0 Å². The molecule has 1 heterocycles. The van der Waals surface area contributed by atoms with Crippen LogP contribution in [-0.2, 0) is 9.59 Å². The molecular weight excluding hydrogens is 378 g/mol. The Morgan fingerprint density at radius 1 is 1.17 bits per heavy atom. The van der Waals surface area contributed by atoms with Gasteiger partial charge in [0.25, 0.3) is 11.8 Å². The summed E-state index contributed by atoms with van der Waals surface area (Å²) in [6, 6.07) is 4.19. The van der Waals surface area contributed by atoms with Gasteiger partial charge in [-0.25, -0.2) is 5.48 Å². The van der Waals surface area contributed by atoms with Crippen LogP contribution >= 0.6 is 0 Å². The van der Waals surface area contributed by atoms with Gasteiger partial charge in [-0.2, -0.15) is 0 Å². The molecule has 9 nitrogen and oxygen atoms in total. The molecule has 9 heteroatoms. The molecule has 1 atom stereocenters. The van der Waals surface area contributed by atoms with Crippen LogP contribution < -0.4 is 15.0 Å². The lowest BCUT2D eigenvalue weighted by molar-refractivity contribution is -0.142. The van der Waals surface area contributed by atoms with E-state index in [0.29, 0.717) is 31.7 Å². The summed E-state index contributed by atoms with van der Waals surface area (Å²) in [4.78, 5) is 36.0. The Kier molecular flexibility index (Phi) is 7.03. The van der Waals surface area contributed by atoms with E-state index < -0.39 is 17.9 Å². The largest absolute Gasteiger partial charge is 0.493 e. The number of hydroxylamine groups is 1. The first kappa shape index (κ1) is 21.0. The standard InChI is InChI=1S/C20H27N3O6/c1-28-16-7-6-14(12-17(16)29-15-4-2-3-5-15)13-8-10-23(11-9-13)20(25)18(21-26)19(24)22-27/h6-7,12-13,15,18,27H,2-5,8-11H2,1H3,(H,22,24). The predicted octanol–water partition coefficient (Wildman–Crippen LogP) is 2.36. The second-order valence-corrected chi connectivity index (χ2v) is 7.52. The van der Waals surface area contributed by atoms with Crippen LogP contribution in [0.25, 0.3) is 0 Å². The molecule has 1 unspecified atom stereocenters. The molecule has 2 amide bonds. The van der Waals surface area contributed by atoms with Crippen LogP contribution in [0.4, 0.5) is 0 Å². The Balaban J connectivity index is 1.65. The molecule has 2 aliphatic rings. The lowest BCUT2D eigenvalue weighted by Crippen LogP contribution is -2.48. The fourth-order valence-corrected chi connectivity index (χ4v) is 4.10. The minimum Gasteiger partial charge on any atom is -0.493 e. The number of benzene rings is 1. The third-order valence-corrected chi connectivity index (χ3v) is 5.76. The second kappa shape index (κ2) is 9.69. The third-order valence-electron chi connectivity index (χ3n) is 5.76. The molecule has 0 radical (unpaired) electrons. The smallest absolute Gasteiger partial charge is 0.281 e. The van der Waals surface area contributed by atoms with E-state index in [2.05, 4.69) is 5.18 Å². The van der Waals surface area contributed by atoms with E-state index in [1.807, 2.05) is 18.2 Å². The van der Waals surface area contributed by atoms with Crippen LogP contribution in [-0.4, -0.2) is 54.3 Å². The molecule has 2 fully saturated rings. The van der Waals surface area contributed by atoms with Gasteiger partial charge in [0, 0.05) is 13.1 Å². The van der Waals surface area contributed by atoms with Gasteiger partial charge in [0.05, 0.1) is 13.2 Å². The second-order valence-electron chi connectivity index (χ2n) is 7.52. The van der Waals surface area contributed by atoms with Crippen molar-refractivity contribution in [3.8, 4) is 11.5 Å². The van der Waals surface area contributed by atoms with E-state index >= 15 is 0 Å². The van der Waals surface area contributed by atoms with Crippen molar-refractivity contribution in [3.63, 3.8) is 0 Å². The van der Waals surface area contributed by atoms with Gasteiger partial charge in [-0.1, -0.05) is 6.07 Å². The summed E-state index contributed by atoms with van der Waals surface area (Å²) in [5.74, 6) is -0.116. The molecule has 1 saturated carbocycles. The Labute approximate surface area is 169 Å². The van der Waals surface area contributed by atoms with Crippen molar-refractivity contribution in [1.29, 1.82) is 0 Å². The van der Waals surface area contributed by atoms with Crippen molar-refractivity contribution in [2.45, 2.75) is 56.6 Å². The number of nitrogens with zero attached hydrogens (tertiary/aromatic N) is 2. The summed E-state index contributed by atoms with van der Waals surface area (Å²) >= 11 is 0. The molecular formula is C20H27N3O6. The lowest BCUT2D eigenvalue weighted by Gasteiger charge is -2.33. The number of hydrogen-bond acceptors (Lipinski definition) is 7. The Bertz CT molecular complexity index is 742. The van der Waals surface area contributed by atoms with Crippen molar-refractivity contribution < 1.29 is 24.3 Å². The van der Waals surface area contributed by atoms with Crippen LogP contribution in [0.15, 0.2) is 23.4 Å². The fourth-order valence-electron chi connectivity index (χ4n) is 4.10. The Morgan fingerprint density at radius 2 is 1.86 bits per heavy atom. The van der Waals surface area contributed by atoms with E-state index in [1.165, 1.54) is 23.2 Å². The van der Waals surface area contributed by atoms with Crippen LogP contribution in [0.3, 0.4) is 0 Å². The maximum atomic E-state index is 12.3. The SMILES string of the molecule is COc1ccc(C2CCN(C(=O)C(N=O)C(=O)NO)CC2)cc1OC1CCCC1. The van der Waals surface area contributed by atoms with Gasteiger partial charge >= 0.3 is 0 Å². The molecule has 2 N–H and O–H groups in total. The number of likely N-dealkylation sites (tertiary alicyclic amines) is 1. The first-order valence-electron chi connectivity index (χ1n) is 9.97. The summed E-state index contributed by atoms with van der Waals surface area (Å²) in [6.07, 6.45) is 6.08. The number of piperidine rings is 1. The highest BCUT2D eigenvalue weighted by Crippen LogP contribution is 2.37. The highest BCUT2D eigenvalue weighted by atomic mass is 16.5. The van der Waals surface area contributed by atoms with Crippen molar-refractivity contribution in [2.75, 3.05) is 20.2 Å². The molecule has 29 heavy (non-hydrogen) atoms. The summed E-state index contributed by atoms with van der Waals surface area (Å²) < 4.78 is 11.6. The highest BCUT2D eigenvalue weighted by molar-refractivity contribution is 6.04. The zero-order chi connectivity index (χ0) is 20.8.